The molecule has 0 spiro atoms. The van der Waals surface area contributed by atoms with Gasteiger partial charge in [0.25, 0.3) is 0 Å². The van der Waals surface area contributed by atoms with E-state index in [9.17, 15) is 4.21 Å². The molecule has 3 atom stereocenters. The molecule has 22 heavy (non-hydrogen) atoms. The highest BCUT2D eigenvalue weighted by Gasteiger charge is 2.38. The summed E-state index contributed by atoms with van der Waals surface area (Å²) in [6.45, 7) is 3.09. The normalized spacial score (nSPS) is 30.2. The van der Waals surface area contributed by atoms with Gasteiger partial charge in [0.2, 0.25) is 0 Å². The van der Waals surface area contributed by atoms with E-state index in [1.807, 2.05) is 12.1 Å². The highest BCUT2D eigenvalue weighted by molar-refractivity contribution is 7.90. The second kappa shape index (κ2) is 5.20. The number of allylic oxidation sites excluding steroid dienone is 2. The van der Waals surface area contributed by atoms with E-state index >= 15 is 0 Å². The molecule has 4 rings (SSSR count). The molecular weight excluding hydrogens is 292 g/mol. The summed E-state index contributed by atoms with van der Waals surface area (Å²) in [5.74, 6) is 0.500. The summed E-state index contributed by atoms with van der Waals surface area (Å²) in [5.41, 5.74) is 4.64. The molecule has 1 aromatic carbocycles. The third-order valence-electron chi connectivity index (χ3n) is 4.77. The van der Waals surface area contributed by atoms with E-state index < -0.39 is 10.8 Å². The van der Waals surface area contributed by atoms with Gasteiger partial charge in [-0.2, -0.15) is 5.10 Å². The van der Waals surface area contributed by atoms with E-state index in [4.69, 9.17) is 5.10 Å². The van der Waals surface area contributed by atoms with Crippen LogP contribution in [0.5, 0.6) is 0 Å². The summed E-state index contributed by atoms with van der Waals surface area (Å²) >= 11 is 0. The molecule has 0 radical (unpaired) electrons. The first-order valence-corrected chi connectivity index (χ1v) is 9.04. The lowest BCUT2D eigenvalue weighted by Crippen LogP contribution is -2.32. The first kappa shape index (κ1) is 13.9. The molecule has 0 saturated carbocycles. The molecule has 2 aliphatic heterocycles. The zero-order valence-corrected chi connectivity index (χ0v) is 13.8. The standard InChI is InChI=1S/C18H20N2OS/c1-12-3-5-13(6-4-12)17-11-15-16(22(17)21)8-7-14-9-10-20(2)19-18(14)15/h3-6,8,11,14,17H,7,9-10H2,1-2H3. The molecular formula is C18H20N2OS. The van der Waals surface area contributed by atoms with Gasteiger partial charge in [0.05, 0.1) is 21.8 Å². The van der Waals surface area contributed by atoms with E-state index in [1.54, 1.807) is 0 Å². The van der Waals surface area contributed by atoms with E-state index in [1.165, 1.54) is 5.56 Å². The maximum Gasteiger partial charge on any atom is 0.0834 e. The number of nitrogens with zero attached hydrogens (tertiary/aromatic N) is 2. The fraction of sp³-hybridized carbons (Fsp3) is 0.389. The van der Waals surface area contributed by atoms with Crippen LogP contribution in [0.1, 0.15) is 29.2 Å². The van der Waals surface area contributed by atoms with Crippen LogP contribution in [0.4, 0.5) is 0 Å². The van der Waals surface area contributed by atoms with Gasteiger partial charge in [0.15, 0.2) is 0 Å². The summed E-state index contributed by atoms with van der Waals surface area (Å²) in [5, 5.41) is 6.71. The van der Waals surface area contributed by atoms with Crippen molar-refractivity contribution in [3.8, 4) is 0 Å². The molecule has 0 fully saturated rings. The molecule has 3 nitrogen and oxygen atoms in total. The molecule has 0 bridgehead atoms. The Hall–Kier alpha value is -1.68. The maximum atomic E-state index is 12.9. The van der Waals surface area contributed by atoms with Crippen molar-refractivity contribution in [2.75, 3.05) is 13.6 Å². The maximum absolute atomic E-state index is 12.9. The molecule has 0 amide bonds. The number of hydrogen-bond acceptors (Lipinski definition) is 3. The molecule has 1 aromatic rings. The molecule has 3 unspecified atom stereocenters. The zero-order valence-electron chi connectivity index (χ0n) is 13.0. The van der Waals surface area contributed by atoms with Gasteiger partial charge in [0.1, 0.15) is 0 Å². The quantitative estimate of drug-likeness (QED) is 0.797. The van der Waals surface area contributed by atoms with Crippen molar-refractivity contribution in [3.05, 3.63) is 58.0 Å². The molecule has 114 valence electrons. The Morgan fingerprint density at radius 3 is 2.82 bits per heavy atom. The summed E-state index contributed by atoms with van der Waals surface area (Å²) in [4.78, 5) is 0.996. The van der Waals surface area contributed by atoms with Gasteiger partial charge in [-0.15, -0.1) is 0 Å². The van der Waals surface area contributed by atoms with Crippen LogP contribution < -0.4 is 0 Å². The lowest BCUT2D eigenvalue weighted by molar-refractivity contribution is 0.307. The van der Waals surface area contributed by atoms with Crippen LogP contribution in [-0.2, 0) is 10.8 Å². The Labute approximate surface area is 133 Å². The van der Waals surface area contributed by atoms with E-state index in [0.29, 0.717) is 5.92 Å². The van der Waals surface area contributed by atoms with Crippen LogP contribution in [0.3, 0.4) is 0 Å². The van der Waals surface area contributed by atoms with Gasteiger partial charge in [0, 0.05) is 30.0 Å². The monoisotopic (exact) mass is 312 g/mol. The van der Waals surface area contributed by atoms with E-state index in [0.717, 1.165) is 41.1 Å². The lowest BCUT2D eigenvalue weighted by Gasteiger charge is -2.31. The summed E-state index contributed by atoms with van der Waals surface area (Å²) in [7, 11) is 1.03. The van der Waals surface area contributed by atoms with Crippen LogP contribution in [0.2, 0.25) is 0 Å². The third kappa shape index (κ3) is 2.17. The molecule has 1 aliphatic carbocycles. The van der Waals surface area contributed by atoms with Gasteiger partial charge in [-0.3, -0.25) is 9.22 Å². The second-order valence-corrected chi connectivity index (χ2v) is 7.91. The van der Waals surface area contributed by atoms with Gasteiger partial charge in [-0.05, 0) is 25.3 Å². The number of hydrogen-bond donors (Lipinski definition) is 0. The molecule has 2 heterocycles. The minimum absolute atomic E-state index is 0.0319. The Morgan fingerprint density at radius 1 is 1.27 bits per heavy atom. The molecule has 0 N–H and O–H groups in total. The Balaban J connectivity index is 1.76. The van der Waals surface area contributed by atoms with Crippen molar-refractivity contribution in [1.29, 1.82) is 0 Å². The predicted molar refractivity (Wildman–Crippen MR) is 91.0 cm³/mol. The lowest BCUT2D eigenvalue weighted by atomic mass is 9.84. The number of fused-ring (bicyclic) bond motifs is 3. The second-order valence-electron chi connectivity index (χ2n) is 6.37. The highest BCUT2D eigenvalue weighted by atomic mass is 32.2. The zero-order chi connectivity index (χ0) is 15.3. The van der Waals surface area contributed by atoms with Gasteiger partial charge >= 0.3 is 0 Å². The fourth-order valence-electron chi connectivity index (χ4n) is 3.47. The number of hydrazone groups is 1. The largest absolute Gasteiger partial charge is 0.300 e. The van der Waals surface area contributed by atoms with Crippen LogP contribution in [0.25, 0.3) is 0 Å². The van der Waals surface area contributed by atoms with Crippen LogP contribution >= 0.6 is 0 Å². The predicted octanol–water partition coefficient (Wildman–Crippen LogP) is 3.32. The minimum atomic E-state index is -0.992. The van der Waals surface area contributed by atoms with Crippen molar-refractivity contribution in [1.82, 2.24) is 5.01 Å². The third-order valence-corrected chi connectivity index (χ3v) is 6.46. The number of benzene rings is 1. The van der Waals surface area contributed by atoms with Crippen molar-refractivity contribution < 1.29 is 4.21 Å². The summed E-state index contributed by atoms with van der Waals surface area (Å²) in [6.07, 6.45) is 6.48. The highest BCUT2D eigenvalue weighted by Crippen LogP contribution is 2.43. The Bertz CT molecular complexity index is 730. The van der Waals surface area contributed by atoms with E-state index in [-0.39, 0.29) is 5.25 Å². The van der Waals surface area contributed by atoms with Gasteiger partial charge in [-0.1, -0.05) is 42.0 Å². The Morgan fingerprint density at radius 2 is 2.05 bits per heavy atom. The van der Waals surface area contributed by atoms with Gasteiger partial charge in [-0.25, -0.2) is 0 Å². The summed E-state index contributed by atoms with van der Waals surface area (Å²) < 4.78 is 12.9. The van der Waals surface area contributed by atoms with Crippen molar-refractivity contribution in [3.63, 3.8) is 0 Å². The number of rotatable bonds is 1. The molecule has 0 saturated heterocycles. The topological polar surface area (TPSA) is 32.7 Å². The SMILES string of the molecule is Cc1ccc(C2C=C3C(=CCC4CCN(C)N=C34)S2=O)cc1. The molecule has 4 heteroatoms. The van der Waals surface area contributed by atoms with Crippen molar-refractivity contribution >= 4 is 16.5 Å². The van der Waals surface area contributed by atoms with Crippen molar-refractivity contribution in [2.24, 2.45) is 11.0 Å². The first-order chi connectivity index (χ1) is 10.6. The summed E-state index contributed by atoms with van der Waals surface area (Å²) in [6, 6.07) is 8.38. The smallest absolute Gasteiger partial charge is 0.0834 e. The van der Waals surface area contributed by atoms with E-state index in [2.05, 4.69) is 43.3 Å². The molecule has 3 aliphatic rings. The Kier molecular flexibility index (Phi) is 3.30. The van der Waals surface area contributed by atoms with Crippen LogP contribution in [0.15, 0.2) is 52.0 Å². The molecule has 0 aromatic heterocycles. The van der Waals surface area contributed by atoms with Crippen molar-refractivity contribution in [2.45, 2.75) is 25.0 Å². The fourth-order valence-corrected chi connectivity index (χ4v) is 5.06. The average molecular weight is 312 g/mol. The average Bonchev–Trinajstić information content (AvgIpc) is 2.86. The first-order valence-electron chi connectivity index (χ1n) is 7.83. The van der Waals surface area contributed by atoms with Crippen LogP contribution in [-0.4, -0.2) is 28.5 Å². The van der Waals surface area contributed by atoms with Crippen LogP contribution in [0, 0.1) is 12.8 Å². The minimum Gasteiger partial charge on any atom is -0.300 e. The van der Waals surface area contributed by atoms with Gasteiger partial charge < -0.3 is 0 Å². The number of aryl methyl sites for hydroxylation is 1.